The molecule has 2 N–H and O–H groups in total. The number of methoxy groups -OCH3 is 1. The van der Waals surface area contributed by atoms with Crippen LogP contribution >= 0.6 is 0 Å². The number of nitrogens with one attached hydrogen (secondary N) is 2. The van der Waals surface area contributed by atoms with Crippen LogP contribution in [0.5, 0.6) is 0 Å². The van der Waals surface area contributed by atoms with Crippen molar-refractivity contribution in [3.8, 4) is 0 Å². The van der Waals surface area contributed by atoms with Crippen LogP contribution in [0.15, 0.2) is 59.5 Å². The molecule has 1 amide bonds. The third-order valence-corrected chi connectivity index (χ3v) is 5.01. The number of sulfonamides is 1. The Morgan fingerprint density at radius 3 is 2.52 bits per heavy atom. The van der Waals surface area contributed by atoms with Crippen LogP contribution in [0.25, 0.3) is 0 Å². The molecule has 0 aliphatic rings. The molecule has 0 aromatic heterocycles. The molecule has 0 unspecified atom stereocenters. The zero-order chi connectivity index (χ0) is 18.1. The van der Waals surface area contributed by atoms with E-state index in [9.17, 15) is 13.2 Å². The van der Waals surface area contributed by atoms with Gasteiger partial charge in [0.05, 0.1) is 11.5 Å². The minimum absolute atomic E-state index is 0.0549. The van der Waals surface area contributed by atoms with Crippen LogP contribution in [-0.4, -0.2) is 41.1 Å². The summed E-state index contributed by atoms with van der Waals surface area (Å²) in [5.41, 5.74) is 1.43. The van der Waals surface area contributed by atoms with Gasteiger partial charge < -0.3 is 10.1 Å². The lowest BCUT2D eigenvalue weighted by molar-refractivity contribution is 0.0954. The SMILES string of the molecule is COCCNS(=O)(=O)c1cccc(C(=O)NCCc2ccccc2)c1. The normalized spacial score (nSPS) is 11.2. The number of hydrogen-bond acceptors (Lipinski definition) is 4. The van der Waals surface area contributed by atoms with E-state index in [0.29, 0.717) is 18.5 Å². The fourth-order valence-corrected chi connectivity index (χ4v) is 3.29. The van der Waals surface area contributed by atoms with Gasteiger partial charge in [0.2, 0.25) is 10.0 Å². The first-order valence-corrected chi connectivity index (χ1v) is 9.42. The summed E-state index contributed by atoms with van der Waals surface area (Å²) in [6.07, 6.45) is 0.711. The summed E-state index contributed by atoms with van der Waals surface area (Å²) in [7, 11) is -2.17. The minimum Gasteiger partial charge on any atom is -0.383 e. The lowest BCUT2D eigenvalue weighted by atomic mass is 10.1. The summed E-state index contributed by atoms with van der Waals surface area (Å²) < 4.78 is 31.6. The van der Waals surface area contributed by atoms with Gasteiger partial charge in [0.1, 0.15) is 0 Å². The zero-order valence-corrected chi connectivity index (χ0v) is 14.9. The molecule has 6 nitrogen and oxygen atoms in total. The van der Waals surface area contributed by atoms with Gasteiger partial charge in [-0.1, -0.05) is 36.4 Å². The molecule has 0 bridgehead atoms. The van der Waals surface area contributed by atoms with Gasteiger partial charge in [-0.05, 0) is 30.2 Å². The summed E-state index contributed by atoms with van der Waals surface area (Å²) in [5.74, 6) is -0.301. The van der Waals surface area contributed by atoms with E-state index < -0.39 is 10.0 Å². The van der Waals surface area contributed by atoms with Crippen molar-refractivity contribution >= 4 is 15.9 Å². The van der Waals surface area contributed by atoms with Crippen molar-refractivity contribution in [2.45, 2.75) is 11.3 Å². The molecule has 25 heavy (non-hydrogen) atoms. The highest BCUT2D eigenvalue weighted by molar-refractivity contribution is 7.89. The van der Waals surface area contributed by atoms with Gasteiger partial charge in [-0.3, -0.25) is 4.79 Å². The van der Waals surface area contributed by atoms with E-state index in [0.717, 1.165) is 5.56 Å². The maximum atomic E-state index is 12.2. The summed E-state index contributed by atoms with van der Waals surface area (Å²) >= 11 is 0. The van der Waals surface area contributed by atoms with Crippen LogP contribution in [0.1, 0.15) is 15.9 Å². The quantitative estimate of drug-likeness (QED) is 0.664. The topological polar surface area (TPSA) is 84.5 Å². The predicted octanol–water partition coefficient (Wildman–Crippen LogP) is 1.58. The molecule has 0 spiro atoms. The van der Waals surface area contributed by atoms with E-state index in [4.69, 9.17) is 4.74 Å². The Labute approximate surface area is 148 Å². The number of carbonyl (C=O) groups is 1. The zero-order valence-electron chi connectivity index (χ0n) is 14.1. The molecule has 0 fully saturated rings. The second-order valence-electron chi connectivity index (χ2n) is 5.41. The van der Waals surface area contributed by atoms with Crippen LogP contribution in [0.4, 0.5) is 0 Å². The number of ether oxygens (including phenoxy) is 1. The standard InChI is InChI=1S/C18H22N2O4S/c1-24-13-12-20-25(22,23)17-9-5-8-16(14-17)18(21)19-11-10-15-6-3-2-4-7-15/h2-9,14,20H,10-13H2,1H3,(H,19,21). The van der Waals surface area contributed by atoms with Crippen molar-refractivity contribution in [3.63, 3.8) is 0 Å². The van der Waals surface area contributed by atoms with Gasteiger partial charge >= 0.3 is 0 Å². The molecule has 0 radical (unpaired) electrons. The van der Waals surface area contributed by atoms with Crippen molar-refractivity contribution in [2.24, 2.45) is 0 Å². The van der Waals surface area contributed by atoms with Crippen molar-refractivity contribution in [2.75, 3.05) is 26.8 Å². The maximum absolute atomic E-state index is 12.2. The van der Waals surface area contributed by atoms with E-state index in [2.05, 4.69) is 10.0 Å². The molecule has 2 aromatic rings. The summed E-state index contributed by atoms with van der Waals surface area (Å²) in [6.45, 7) is 0.928. The highest BCUT2D eigenvalue weighted by atomic mass is 32.2. The molecule has 134 valence electrons. The maximum Gasteiger partial charge on any atom is 0.251 e. The molecular weight excluding hydrogens is 340 g/mol. The smallest absolute Gasteiger partial charge is 0.251 e. The second kappa shape index (κ2) is 9.31. The molecule has 0 heterocycles. The lowest BCUT2D eigenvalue weighted by Crippen LogP contribution is -2.28. The number of hydrogen-bond donors (Lipinski definition) is 2. The molecule has 0 aliphatic carbocycles. The minimum atomic E-state index is -3.66. The molecule has 7 heteroatoms. The summed E-state index contributed by atoms with van der Waals surface area (Å²) in [6, 6.07) is 15.8. The highest BCUT2D eigenvalue weighted by Gasteiger charge is 2.15. The van der Waals surface area contributed by atoms with Gasteiger partial charge in [0.15, 0.2) is 0 Å². The van der Waals surface area contributed by atoms with Crippen molar-refractivity contribution in [3.05, 3.63) is 65.7 Å². The van der Waals surface area contributed by atoms with Crippen LogP contribution < -0.4 is 10.0 Å². The van der Waals surface area contributed by atoms with Gasteiger partial charge in [0.25, 0.3) is 5.91 Å². The Balaban J connectivity index is 1.96. The molecule has 0 saturated heterocycles. The molecule has 0 atom stereocenters. The third kappa shape index (κ3) is 5.97. The molecule has 0 aliphatic heterocycles. The second-order valence-corrected chi connectivity index (χ2v) is 7.18. The molecule has 0 saturated carbocycles. The van der Waals surface area contributed by atoms with Gasteiger partial charge in [0, 0.05) is 25.8 Å². The third-order valence-electron chi connectivity index (χ3n) is 3.55. The number of benzene rings is 2. The predicted molar refractivity (Wildman–Crippen MR) is 96.0 cm³/mol. The van der Waals surface area contributed by atoms with Crippen molar-refractivity contribution in [1.82, 2.24) is 10.0 Å². The van der Waals surface area contributed by atoms with Crippen LogP contribution in [0, 0.1) is 0 Å². The Bertz CT molecular complexity index is 792. The van der Waals surface area contributed by atoms with E-state index >= 15 is 0 Å². The Morgan fingerprint density at radius 1 is 1.04 bits per heavy atom. The average molecular weight is 362 g/mol. The van der Waals surface area contributed by atoms with E-state index in [-0.39, 0.29) is 24.0 Å². The number of rotatable bonds is 9. The van der Waals surface area contributed by atoms with Crippen LogP contribution in [0.2, 0.25) is 0 Å². The summed E-state index contributed by atoms with van der Waals surface area (Å²) in [5, 5.41) is 2.80. The largest absolute Gasteiger partial charge is 0.383 e. The first-order valence-electron chi connectivity index (χ1n) is 7.94. The molecule has 2 rings (SSSR count). The van der Waals surface area contributed by atoms with Gasteiger partial charge in [-0.2, -0.15) is 0 Å². The van der Waals surface area contributed by atoms with E-state index in [1.165, 1.54) is 19.2 Å². The van der Waals surface area contributed by atoms with E-state index in [1.54, 1.807) is 12.1 Å². The van der Waals surface area contributed by atoms with Crippen molar-refractivity contribution in [1.29, 1.82) is 0 Å². The number of carbonyl (C=O) groups excluding carboxylic acids is 1. The highest BCUT2D eigenvalue weighted by Crippen LogP contribution is 2.11. The first-order chi connectivity index (χ1) is 12.0. The average Bonchev–Trinajstić information content (AvgIpc) is 2.63. The van der Waals surface area contributed by atoms with Crippen molar-refractivity contribution < 1.29 is 17.9 Å². The fourth-order valence-electron chi connectivity index (χ4n) is 2.23. The Morgan fingerprint density at radius 2 is 1.80 bits per heavy atom. The van der Waals surface area contributed by atoms with E-state index in [1.807, 2.05) is 30.3 Å². The van der Waals surface area contributed by atoms with Gasteiger partial charge in [-0.25, -0.2) is 13.1 Å². The van der Waals surface area contributed by atoms with Gasteiger partial charge in [-0.15, -0.1) is 0 Å². The first kappa shape index (κ1) is 19.1. The molecular formula is C18H22N2O4S. The lowest BCUT2D eigenvalue weighted by Gasteiger charge is -2.09. The summed E-state index contributed by atoms with van der Waals surface area (Å²) in [4.78, 5) is 12.3. The van der Waals surface area contributed by atoms with Crippen LogP contribution in [-0.2, 0) is 21.2 Å². The Kier molecular flexibility index (Phi) is 7.12. The monoisotopic (exact) mass is 362 g/mol. The Hall–Kier alpha value is -2.22. The fraction of sp³-hybridized carbons (Fsp3) is 0.278. The molecule has 2 aromatic carbocycles. The van der Waals surface area contributed by atoms with Crippen LogP contribution in [0.3, 0.4) is 0 Å². The number of amides is 1.